The number of rotatable bonds is 4. The van der Waals surface area contributed by atoms with Crippen molar-refractivity contribution in [3.8, 4) is 0 Å². The number of anilines is 1. The fourth-order valence-corrected chi connectivity index (χ4v) is 5.62. The highest BCUT2D eigenvalue weighted by Gasteiger charge is 2.31. The summed E-state index contributed by atoms with van der Waals surface area (Å²) >= 11 is 6.88. The van der Waals surface area contributed by atoms with Crippen LogP contribution >= 0.6 is 22.9 Å². The van der Waals surface area contributed by atoms with E-state index < -0.39 is 26.7 Å². The van der Waals surface area contributed by atoms with E-state index in [9.17, 15) is 17.6 Å². The van der Waals surface area contributed by atoms with Crippen LogP contribution in [0.5, 0.6) is 0 Å². The number of esters is 1. The summed E-state index contributed by atoms with van der Waals surface area (Å²) in [5.74, 6) is -1.59. The molecule has 136 valence electrons. The van der Waals surface area contributed by atoms with Gasteiger partial charge in [-0.05, 0) is 36.8 Å². The summed E-state index contributed by atoms with van der Waals surface area (Å²) in [5.41, 5.74) is 0.751. The van der Waals surface area contributed by atoms with Crippen LogP contribution in [-0.4, -0.2) is 21.5 Å². The zero-order chi connectivity index (χ0) is 19.1. The van der Waals surface area contributed by atoms with Gasteiger partial charge in [0.15, 0.2) is 0 Å². The molecule has 0 unspecified atom stereocenters. The number of ether oxygens (including phenoxy) is 1. The number of carbonyl (C=O) groups is 1. The van der Waals surface area contributed by atoms with Gasteiger partial charge in [-0.2, -0.15) is 0 Å². The molecule has 3 aromatic rings. The standard InChI is InChI=1S/C17H13ClFNO4S2/c1-9-10(18)5-3-7-12(9)20-26(22,23)16-14-11(19)6-4-8-13(14)25-15(16)17(21)24-2/h3-8,20H,1-2H3. The molecular weight excluding hydrogens is 401 g/mol. The van der Waals surface area contributed by atoms with Gasteiger partial charge in [0.05, 0.1) is 12.8 Å². The number of hydrogen-bond acceptors (Lipinski definition) is 5. The maximum absolute atomic E-state index is 14.4. The van der Waals surface area contributed by atoms with Crippen LogP contribution in [0.25, 0.3) is 10.1 Å². The molecule has 3 rings (SSSR count). The molecule has 1 aromatic heterocycles. The molecule has 0 bridgehead atoms. The minimum absolute atomic E-state index is 0.148. The van der Waals surface area contributed by atoms with Gasteiger partial charge in [-0.25, -0.2) is 17.6 Å². The second-order valence-electron chi connectivity index (χ2n) is 5.38. The van der Waals surface area contributed by atoms with E-state index in [0.717, 1.165) is 24.5 Å². The first kappa shape index (κ1) is 18.6. The Morgan fingerprint density at radius 2 is 1.92 bits per heavy atom. The maximum Gasteiger partial charge on any atom is 0.349 e. The van der Waals surface area contributed by atoms with Crippen molar-refractivity contribution in [2.75, 3.05) is 11.8 Å². The van der Waals surface area contributed by atoms with Gasteiger partial charge in [0.25, 0.3) is 10.0 Å². The zero-order valence-electron chi connectivity index (χ0n) is 13.7. The second-order valence-corrected chi connectivity index (χ2v) is 8.46. The van der Waals surface area contributed by atoms with Gasteiger partial charge in [-0.1, -0.05) is 23.7 Å². The number of carbonyl (C=O) groups excluding carboxylic acids is 1. The van der Waals surface area contributed by atoms with E-state index in [0.29, 0.717) is 15.3 Å². The minimum Gasteiger partial charge on any atom is -0.465 e. The lowest BCUT2D eigenvalue weighted by atomic mass is 10.2. The van der Waals surface area contributed by atoms with Crippen LogP contribution in [0.4, 0.5) is 10.1 Å². The highest BCUT2D eigenvalue weighted by atomic mass is 35.5. The normalized spacial score (nSPS) is 11.5. The van der Waals surface area contributed by atoms with Crippen molar-refractivity contribution in [1.82, 2.24) is 0 Å². The average molecular weight is 414 g/mol. The summed E-state index contributed by atoms with van der Waals surface area (Å²) in [5, 5.41) is 0.227. The Morgan fingerprint density at radius 3 is 2.62 bits per heavy atom. The topological polar surface area (TPSA) is 72.5 Å². The molecule has 0 aliphatic carbocycles. The Morgan fingerprint density at radius 1 is 1.23 bits per heavy atom. The summed E-state index contributed by atoms with van der Waals surface area (Å²) in [6.45, 7) is 1.65. The van der Waals surface area contributed by atoms with Crippen molar-refractivity contribution < 1.29 is 22.3 Å². The van der Waals surface area contributed by atoms with Crippen LogP contribution in [0.15, 0.2) is 41.3 Å². The molecule has 1 N–H and O–H groups in total. The minimum atomic E-state index is -4.28. The van der Waals surface area contributed by atoms with E-state index in [1.165, 1.54) is 12.1 Å². The summed E-state index contributed by atoms with van der Waals surface area (Å²) in [6, 6.07) is 8.86. The molecule has 0 amide bonds. The van der Waals surface area contributed by atoms with E-state index in [1.54, 1.807) is 25.1 Å². The van der Waals surface area contributed by atoms with Crippen LogP contribution in [0.2, 0.25) is 5.02 Å². The van der Waals surface area contributed by atoms with E-state index >= 15 is 0 Å². The van der Waals surface area contributed by atoms with Crippen molar-refractivity contribution >= 4 is 54.7 Å². The van der Waals surface area contributed by atoms with Gasteiger partial charge in [0, 0.05) is 15.1 Å². The number of hydrogen-bond donors (Lipinski definition) is 1. The lowest BCUT2D eigenvalue weighted by molar-refractivity contribution is 0.0602. The number of sulfonamides is 1. The van der Waals surface area contributed by atoms with Crippen molar-refractivity contribution in [3.05, 3.63) is 57.7 Å². The first-order valence-electron chi connectivity index (χ1n) is 7.33. The molecule has 9 heteroatoms. The van der Waals surface area contributed by atoms with Gasteiger partial charge in [-0.15, -0.1) is 11.3 Å². The third-order valence-electron chi connectivity index (χ3n) is 3.77. The molecule has 0 aliphatic rings. The zero-order valence-corrected chi connectivity index (χ0v) is 16.1. The third-order valence-corrected chi connectivity index (χ3v) is 6.88. The predicted molar refractivity (Wildman–Crippen MR) is 100 cm³/mol. The summed E-state index contributed by atoms with van der Waals surface area (Å²) in [6.07, 6.45) is 0. The van der Waals surface area contributed by atoms with E-state index in [4.69, 9.17) is 11.6 Å². The molecular formula is C17H13ClFNO4S2. The molecule has 26 heavy (non-hydrogen) atoms. The molecule has 5 nitrogen and oxygen atoms in total. The number of methoxy groups -OCH3 is 1. The van der Waals surface area contributed by atoms with E-state index in [2.05, 4.69) is 9.46 Å². The number of nitrogens with one attached hydrogen (secondary N) is 1. The number of thiophene rings is 1. The molecule has 0 aliphatic heterocycles. The lowest BCUT2D eigenvalue weighted by Crippen LogP contribution is -2.17. The lowest BCUT2D eigenvalue weighted by Gasteiger charge is -2.12. The SMILES string of the molecule is COC(=O)c1sc2cccc(F)c2c1S(=O)(=O)Nc1cccc(Cl)c1C. The molecule has 0 atom stereocenters. The molecule has 1 heterocycles. The monoisotopic (exact) mass is 413 g/mol. The maximum atomic E-state index is 14.4. The number of fused-ring (bicyclic) bond motifs is 1. The van der Waals surface area contributed by atoms with Crippen LogP contribution in [0.3, 0.4) is 0 Å². The Hall–Kier alpha value is -2.16. The Kier molecular flexibility index (Phi) is 4.92. The van der Waals surface area contributed by atoms with Gasteiger partial charge >= 0.3 is 5.97 Å². The second kappa shape index (κ2) is 6.86. The van der Waals surface area contributed by atoms with Gasteiger partial charge in [0.2, 0.25) is 0 Å². The molecule has 0 fully saturated rings. The first-order chi connectivity index (χ1) is 12.3. The summed E-state index contributed by atoms with van der Waals surface area (Å²) in [4.78, 5) is 11.5. The molecule has 0 saturated carbocycles. The fraction of sp³-hybridized carbons (Fsp3) is 0.118. The van der Waals surface area contributed by atoms with Crippen molar-refractivity contribution in [2.24, 2.45) is 0 Å². The van der Waals surface area contributed by atoms with E-state index in [-0.39, 0.29) is 16.0 Å². The largest absolute Gasteiger partial charge is 0.465 e. The van der Waals surface area contributed by atoms with Crippen LogP contribution < -0.4 is 4.72 Å². The van der Waals surface area contributed by atoms with E-state index in [1.807, 2.05) is 0 Å². The van der Waals surface area contributed by atoms with Gasteiger partial charge in [0.1, 0.15) is 15.6 Å². The quantitative estimate of drug-likeness (QED) is 0.635. The molecule has 0 radical (unpaired) electrons. The van der Waals surface area contributed by atoms with Crippen molar-refractivity contribution in [1.29, 1.82) is 0 Å². The highest BCUT2D eigenvalue weighted by molar-refractivity contribution is 7.93. The highest BCUT2D eigenvalue weighted by Crippen LogP contribution is 2.38. The number of halogens is 2. The summed E-state index contributed by atoms with van der Waals surface area (Å²) in [7, 11) is -3.15. The molecule has 0 saturated heterocycles. The summed E-state index contributed by atoms with van der Waals surface area (Å²) < 4.78 is 47.8. The fourth-order valence-electron chi connectivity index (χ4n) is 2.48. The van der Waals surface area contributed by atoms with Crippen molar-refractivity contribution in [2.45, 2.75) is 11.8 Å². The van der Waals surface area contributed by atoms with Crippen LogP contribution in [-0.2, 0) is 14.8 Å². The average Bonchev–Trinajstić information content (AvgIpc) is 3.00. The van der Waals surface area contributed by atoms with Gasteiger partial charge < -0.3 is 4.74 Å². The van der Waals surface area contributed by atoms with Crippen molar-refractivity contribution in [3.63, 3.8) is 0 Å². The first-order valence-corrected chi connectivity index (χ1v) is 10.0. The van der Waals surface area contributed by atoms with Gasteiger partial charge in [-0.3, -0.25) is 4.72 Å². The Labute approximate surface area is 158 Å². The van der Waals surface area contributed by atoms with Crippen LogP contribution in [0, 0.1) is 12.7 Å². The third kappa shape index (κ3) is 3.15. The van der Waals surface area contributed by atoms with Crippen LogP contribution in [0.1, 0.15) is 15.2 Å². The Bertz CT molecular complexity index is 1130. The molecule has 2 aromatic carbocycles. The number of benzene rings is 2. The predicted octanol–water partition coefficient (Wildman–Crippen LogP) is 4.59. The molecule has 0 spiro atoms. The smallest absolute Gasteiger partial charge is 0.349 e. The Balaban J connectivity index is 2.25.